The van der Waals surface area contributed by atoms with E-state index in [2.05, 4.69) is 10.6 Å². The van der Waals surface area contributed by atoms with Crippen LogP contribution in [0.25, 0.3) is 0 Å². The van der Waals surface area contributed by atoms with Crippen molar-refractivity contribution < 1.29 is 23.9 Å². The van der Waals surface area contributed by atoms with Gasteiger partial charge in [-0.25, -0.2) is 4.79 Å². The minimum atomic E-state index is -1.33. The molecule has 0 bridgehead atoms. The number of carbonyl (C=O) groups is 4. The number of ether oxygens (including phenoxy) is 1. The van der Waals surface area contributed by atoms with Crippen LogP contribution in [0.4, 0.5) is 4.79 Å². The molecule has 4 N–H and O–H groups in total. The van der Waals surface area contributed by atoms with Gasteiger partial charge >= 0.3 is 6.09 Å². The van der Waals surface area contributed by atoms with Gasteiger partial charge in [-0.1, -0.05) is 25.1 Å². The molecule has 0 aliphatic carbocycles. The van der Waals surface area contributed by atoms with Crippen LogP contribution in [0.3, 0.4) is 0 Å². The zero-order valence-corrected chi connectivity index (χ0v) is 24.4. The summed E-state index contributed by atoms with van der Waals surface area (Å²) in [5, 5.41) is 5.53. The maximum atomic E-state index is 14.2. The first-order chi connectivity index (χ1) is 16.7. The third-order valence-electron chi connectivity index (χ3n) is 6.10. The smallest absolute Gasteiger partial charge is 0.408 e. The van der Waals surface area contributed by atoms with Crippen molar-refractivity contribution >= 4 is 23.8 Å². The quantitative estimate of drug-likeness (QED) is 0.454. The maximum absolute atomic E-state index is 14.2. The van der Waals surface area contributed by atoms with E-state index in [1.165, 1.54) is 4.90 Å². The average Bonchev–Trinajstić information content (AvgIpc) is 2.70. The van der Waals surface area contributed by atoms with E-state index >= 15 is 0 Å². The summed E-state index contributed by atoms with van der Waals surface area (Å²) in [5.41, 5.74) is 5.74. The van der Waals surface area contributed by atoms with Crippen LogP contribution in [-0.4, -0.2) is 51.4 Å². The normalized spacial score (nSPS) is 13.8. The fourth-order valence-corrected chi connectivity index (χ4v) is 3.87. The first-order valence-corrected chi connectivity index (χ1v) is 12.7. The Balaban J connectivity index is 3.78. The van der Waals surface area contributed by atoms with Gasteiger partial charge in [0.1, 0.15) is 17.7 Å². The molecule has 0 saturated carbocycles. The molecule has 0 saturated heterocycles. The standard InChI is InChI=1S/C28H46N4O5/c1-12-28(10,11)32(24(35)20(16-21(29)33)30-25(36)37-27(7,8)9)22(23(34)31-26(4,5)6)19-15-13-14-17(2)18(19)3/h13-15,20,22H,12,16H2,1-11H3,(H2,29,33)(H,30,36)(H,31,34). The molecule has 0 fully saturated rings. The Kier molecular flexibility index (Phi) is 10.3. The molecule has 0 aliphatic heterocycles. The van der Waals surface area contributed by atoms with E-state index in [-0.39, 0.29) is 5.91 Å². The second-order valence-corrected chi connectivity index (χ2v) is 12.2. The zero-order chi connectivity index (χ0) is 28.9. The number of alkyl carbamates (subject to hydrolysis) is 1. The highest BCUT2D eigenvalue weighted by atomic mass is 16.6. The highest BCUT2D eigenvalue weighted by Crippen LogP contribution is 2.35. The number of primary amides is 1. The predicted octanol–water partition coefficient (Wildman–Crippen LogP) is 4.05. The molecule has 0 radical (unpaired) electrons. The first-order valence-electron chi connectivity index (χ1n) is 12.7. The van der Waals surface area contributed by atoms with Gasteiger partial charge in [0.2, 0.25) is 17.7 Å². The van der Waals surface area contributed by atoms with Crippen LogP contribution >= 0.6 is 0 Å². The zero-order valence-electron chi connectivity index (χ0n) is 24.4. The lowest BCUT2D eigenvalue weighted by Gasteiger charge is -2.45. The fraction of sp³-hybridized carbons (Fsp3) is 0.643. The van der Waals surface area contributed by atoms with Gasteiger partial charge in [0, 0.05) is 11.1 Å². The van der Waals surface area contributed by atoms with Crippen molar-refractivity contribution in [1.82, 2.24) is 15.5 Å². The molecule has 9 heteroatoms. The number of nitrogens with zero attached hydrogens (tertiary/aromatic N) is 1. The van der Waals surface area contributed by atoms with Gasteiger partial charge in [-0.3, -0.25) is 14.4 Å². The number of rotatable bonds is 9. The lowest BCUT2D eigenvalue weighted by molar-refractivity contribution is -0.150. The van der Waals surface area contributed by atoms with Crippen LogP contribution in [0.1, 0.15) is 97.9 Å². The van der Waals surface area contributed by atoms with Gasteiger partial charge in [0.05, 0.1) is 6.42 Å². The average molecular weight is 519 g/mol. The Bertz CT molecular complexity index is 1000. The number of carbonyl (C=O) groups excluding carboxylic acids is 4. The Morgan fingerprint density at radius 1 is 1.00 bits per heavy atom. The Labute approximate surface area is 221 Å². The maximum Gasteiger partial charge on any atom is 0.408 e. The van der Waals surface area contributed by atoms with Crippen LogP contribution in [0.5, 0.6) is 0 Å². The Morgan fingerprint density at radius 2 is 1.57 bits per heavy atom. The van der Waals surface area contributed by atoms with Crippen molar-refractivity contribution in [2.24, 2.45) is 5.73 Å². The van der Waals surface area contributed by atoms with Crippen LogP contribution in [-0.2, 0) is 19.1 Å². The molecule has 4 amide bonds. The molecule has 1 aromatic carbocycles. The van der Waals surface area contributed by atoms with Gasteiger partial charge < -0.3 is 26.0 Å². The molecule has 0 heterocycles. The van der Waals surface area contributed by atoms with E-state index in [0.717, 1.165) is 11.1 Å². The van der Waals surface area contributed by atoms with E-state index in [1.54, 1.807) is 20.8 Å². The number of aryl methyl sites for hydroxylation is 1. The summed E-state index contributed by atoms with van der Waals surface area (Å²) < 4.78 is 5.33. The molecule has 1 aromatic rings. The number of amides is 4. The fourth-order valence-electron chi connectivity index (χ4n) is 3.87. The van der Waals surface area contributed by atoms with Crippen molar-refractivity contribution in [1.29, 1.82) is 0 Å². The predicted molar refractivity (Wildman–Crippen MR) is 145 cm³/mol. The largest absolute Gasteiger partial charge is 0.444 e. The SMILES string of the molecule is CCC(C)(C)N(C(=O)C(CC(N)=O)NC(=O)OC(C)(C)C)C(C(=O)NC(C)(C)C)c1cccc(C)c1C. The summed E-state index contributed by atoms with van der Waals surface area (Å²) in [5.74, 6) is -1.75. The van der Waals surface area contributed by atoms with Gasteiger partial charge in [-0.15, -0.1) is 0 Å². The van der Waals surface area contributed by atoms with Crippen molar-refractivity contribution in [3.05, 3.63) is 34.9 Å². The van der Waals surface area contributed by atoms with Gasteiger partial charge in [-0.2, -0.15) is 0 Å². The summed E-state index contributed by atoms with van der Waals surface area (Å²) in [7, 11) is 0. The van der Waals surface area contributed by atoms with E-state index in [4.69, 9.17) is 10.5 Å². The van der Waals surface area contributed by atoms with Crippen molar-refractivity contribution in [3.8, 4) is 0 Å². The van der Waals surface area contributed by atoms with Crippen LogP contribution in [0, 0.1) is 13.8 Å². The molecular weight excluding hydrogens is 472 g/mol. The highest BCUT2D eigenvalue weighted by molar-refractivity contribution is 5.95. The molecule has 0 spiro atoms. The lowest BCUT2D eigenvalue weighted by atomic mass is 9.88. The van der Waals surface area contributed by atoms with Gasteiger partial charge in [-0.05, 0) is 92.3 Å². The van der Waals surface area contributed by atoms with E-state index in [0.29, 0.717) is 12.0 Å². The Hall–Kier alpha value is -3.10. The second kappa shape index (κ2) is 12.0. The minimum absolute atomic E-state index is 0.369. The Morgan fingerprint density at radius 3 is 2.03 bits per heavy atom. The molecule has 2 atom stereocenters. The summed E-state index contributed by atoms with van der Waals surface area (Å²) in [4.78, 5) is 54.2. The monoisotopic (exact) mass is 518 g/mol. The third kappa shape index (κ3) is 9.37. The van der Waals surface area contributed by atoms with Gasteiger partial charge in [0.25, 0.3) is 0 Å². The summed E-state index contributed by atoms with van der Waals surface area (Å²) >= 11 is 0. The highest BCUT2D eigenvalue weighted by Gasteiger charge is 2.44. The van der Waals surface area contributed by atoms with Gasteiger partial charge in [0.15, 0.2) is 0 Å². The van der Waals surface area contributed by atoms with E-state index in [9.17, 15) is 19.2 Å². The minimum Gasteiger partial charge on any atom is -0.444 e. The molecule has 0 aromatic heterocycles. The van der Waals surface area contributed by atoms with Crippen molar-refractivity contribution in [2.75, 3.05) is 0 Å². The molecule has 37 heavy (non-hydrogen) atoms. The number of hydrogen-bond donors (Lipinski definition) is 3. The lowest BCUT2D eigenvalue weighted by Crippen LogP contribution is -2.61. The van der Waals surface area contributed by atoms with Crippen LogP contribution in [0.2, 0.25) is 0 Å². The summed E-state index contributed by atoms with van der Waals surface area (Å²) in [6.07, 6.45) is -0.809. The van der Waals surface area contributed by atoms with Crippen LogP contribution in [0.15, 0.2) is 18.2 Å². The summed E-state index contributed by atoms with van der Waals surface area (Å²) in [6.45, 7) is 20.1. The first kappa shape index (κ1) is 31.9. The molecule has 9 nitrogen and oxygen atoms in total. The number of hydrogen-bond acceptors (Lipinski definition) is 5. The molecule has 1 rings (SSSR count). The molecule has 2 unspecified atom stereocenters. The van der Waals surface area contributed by atoms with Crippen molar-refractivity contribution in [3.63, 3.8) is 0 Å². The third-order valence-corrected chi connectivity index (χ3v) is 6.10. The second-order valence-electron chi connectivity index (χ2n) is 12.2. The van der Waals surface area contributed by atoms with Crippen molar-refractivity contribution in [2.45, 2.75) is 118 Å². The molecule has 0 aliphatic rings. The number of benzene rings is 1. The van der Waals surface area contributed by atoms with Crippen LogP contribution < -0.4 is 16.4 Å². The summed E-state index contributed by atoms with van der Waals surface area (Å²) in [6, 6.07) is 3.25. The molecule has 208 valence electrons. The number of nitrogens with two attached hydrogens (primary N) is 1. The molecular formula is C28H46N4O5. The van der Waals surface area contributed by atoms with E-state index < -0.39 is 53.1 Å². The van der Waals surface area contributed by atoms with E-state index in [1.807, 2.05) is 73.6 Å². The number of nitrogens with one attached hydrogen (secondary N) is 2. The topological polar surface area (TPSA) is 131 Å².